The summed E-state index contributed by atoms with van der Waals surface area (Å²) in [5.74, 6) is 1.07. The van der Waals surface area contributed by atoms with Gasteiger partial charge in [-0.05, 0) is 36.5 Å². The number of aromatic nitrogens is 2. The number of aromatic amines is 1. The molecular formula is C28H33BN2O3. The van der Waals surface area contributed by atoms with E-state index in [0.29, 0.717) is 6.42 Å². The maximum absolute atomic E-state index is 8.97. The maximum atomic E-state index is 8.97. The highest BCUT2D eigenvalue weighted by Crippen LogP contribution is 2.42. The smallest absolute Gasteiger partial charge is 0.402 e. The molecule has 4 rings (SSSR count). The van der Waals surface area contributed by atoms with Crippen LogP contribution >= 0.6 is 0 Å². The molecule has 1 heterocycles. The molecule has 0 saturated heterocycles. The van der Waals surface area contributed by atoms with Crippen LogP contribution in [0.2, 0.25) is 0 Å². The average molecular weight is 456 g/mol. The number of rotatable bonds is 9. The standard InChI is InChI=1S/C22H23BO3.C6H10N2/c24-23(25)26-18-10-17-22(19-11-4-1-5-12-19,20-13-6-2-7-14-20)21-15-8-3-9-16-21;1-3-6-7-4-5(2)8-6/h1-9,11-16,24-25H,10,17-18H2;4H,3H2,1-2H3,(H,7,8). The largest absolute Gasteiger partial charge is 0.633 e. The molecule has 0 unspecified atom stereocenters. The van der Waals surface area contributed by atoms with Crippen LogP contribution in [0.1, 0.15) is 48.0 Å². The van der Waals surface area contributed by atoms with Crippen molar-refractivity contribution >= 4 is 7.32 Å². The number of nitrogens with zero attached hydrogens (tertiary/aromatic N) is 1. The first-order valence-corrected chi connectivity index (χ1v) is 11.7. The van der Waals surface area contributed by atoms with Crippen LogP contribution in [0.3, 0.4) is 0 Å². The van der Waals surface area contributed by atoms with Crippen LogP contribution < -0.4 is 0 Å². The van der Waals surface area contributed by atoms with Crippen LogP contribution in [0.4, 0.5) is 0 Å². The summed E-state index contributed by atoms with van der Waals surface area (Å²) in [5.41, 5.74) is 4.45. The molecule has 0 radical (unpaired) electrons. The number of hydrogen-bond acceptors (Lipinski definition) is 4. The zero-order valence-electron chi connectivity index (χ0n) is 19.9. The Bertz CT molecular complexity index is 990. The average Bonchev–Trinajstić information content (AvgIpc) is 3.31. The van der Waals surface area contributed by atoms with E-state index in [4.69, 9.17) is 14.7 Å². The van der Waals surface area contributed by atoms with Crippen molar-refractivity contribution in [2.24, 2.45) is 0 Å². The molecule has 0 saturated carbocycles. The molecule has 0 spiro atoms. The Kier molecular flexibility index (Phi) is 9.65. The monoisotopic (exact) mass is 456 g/mol. The Morgan fingerprint density at radius 3 is 1.62 bits per heavy atom. The van der Waals surface area contributed by atoms with Gasteiger partial charge in [-0.1, -0.05) is 97.9 Å². The Hall–Kier alpha value is -3.19. The molecule has 4 aromatic rings. The molecular weight excluding hydrogens is 423 g/mol. The fourth-order valence-corrected chi connectivity index (χ4v) is 4.27. The molecule has 34 heavy (non-hydrogen) atoms. The van der Waals surface area contributed by atoms with Gasteiger partial charge in [0, 0.05) is 30.3 Å². The minimum atomic E-state index is -1.73. The SMILES string of the molecule is CCc1ncc(C)[nH]1.OB(O)OCCCC(c1ccccc1)(c1ccccc1)c1ccccc1. The molecule has 3 N–H and O–H groups in total. The normalized spacial score (nSPS) is 10.9. The lowest BCUT2D eigenvalue weighted by Crippen LogP contribution is -2.30. The van der Waals surface area contributed by atoms with Gasteiger partial charge in [0.15, 0.2) is 0 Å². The molecule has 0 aliphatic rings. The molecule has 1 aromatic heterocycles. The predicted octanol–water partition coefficient (Wildman–Crippen LogP) is 5.07. The third kappa shape index (κ3) is 6.67. The second-order valence-electron chi connectivity index (χ2n) is 8.17. The Morgan fingerprint density at radius 1 is 0.824 bits per heavy atom. The first-order chi connectivity index (χ1) is 16.6. The quantitative estimate of drug-likeness (QED) is 0.187. The van der Waals surface area contributed by atoms with E-state index >= 15 is 0 Å². The van der Waals surface area contributed by atoms with Crippen LogP contribution in [-0.4, -0.2) is 33.9 Å². The third-order valence-electron chi connectivity index (χ3n) is 5.85. The van der Waals surface area contributed by atoms with Crippen molar-refractivity contribution in [3.8, 4) is 0 Å². The van der Waals surface area contributed by atoms with Crippen molar-refractivity contribution in [2.45, 2.75) is 38.5 Å². The molecule has 0 fully saturated rings. The second-order valence-corrected chi connectivity index (χ2v) is 8.17. The predicted molar refractivity (Wildman–Crippen MR) is 137 cm³/mol. The Balaban J connectivity index is 0.000000343. The summed E-state index contributed by atoms with van der Waals surface area (Å²) in [6.07, 6.45) is 4.32. The van der Waals surface area contributed by atoms with Gasteiger partial charge in [-0.15, -0.1) is 0 Å². The fourth-order valence-electron chi connectivity index (χ4n) is 4.27. The van der Waals surface area contributed by atoms with Gasteiger partial charge >= 0.3 is 7.32 Å². The molecule has 6 heteroatoms. The topological polar surface area (TPSA) is 78.4 Å². The zero-order chi connectivity index (χ0) is 24.2. The fraction of sp³-hybridized carbons (Fsp3) is 0.250. The lowest BCUT2D eigenvalue weighted by atomic mass is 9.67. The van der Waals surface area contributed by atoms with Gasteiger partial charge in [-0.3, -0.25) is 0 Å². The van der Waals surface area contributed by atoms with Crippen LogP contribution in [0.5, 0.6) is 0 Å². The lowest BCUT2D eigenvalue weighted by Gasteiger charge is -2.36. The van der Waals surface area contributed by atoms with Crippen molar-refractivity contribution in [2.75, 3.05) is 6.61 Å². The van der Waals surface area contributed by atoms with Crippen molar-refractivity contribution in [3.05, 3.63) is 125 Å². The number of imidazole rings is 1. The number of nitrogens with one attached hydrogen (secondary N) is 1. The van der Waals surface area contributed by atoms with E-state index in [1.165, 1.54) is 16.7 Å². The highest BCUT2D eigenvalue weighted by atomic mass is 16.6. The van der Waals surface area contributed by atoms with Gasteiger partial charge in [-0.2, -0.15) is 0 Å². The second kappa shape index (κ2) is 12.9. The summed E-state index contributed by atoms with van der Waals surface area (Å²) in [5, 5.41) is 17.9. The molecule has 0 atom stereocenters. The van der Waals surface area contributed by atoms with E-state index in [1.54, 1.807) is 0 Å². The summed E-state index contributed by atoms with van der Waals surface area (Å²) in [6, 6.07) is 31.4. The van der Waals surface area contributed by atoms with Gasteiger partial charge in [0.25, 0.3) is 0 Å². The van der Waals surface area contributed by atoms with Crippen molar-refractivity contribution in [1.82, 2.24) is 9.97 Å². The molecule has 5 nitrogen and oxygen atoms in total. The number of benzene rings is 3. The molecule has 176 valence electrons. The van der Waals surface area contributed by atoms with Crippen LogP contribution in [0, 0.1) is 6.92 Å². The molecule has 0 aliphatic carbocycles. The van der Waals surface area contributed by atoms with Crippen LogP contribution in [0.15, 0.2) is 97.2 Å². The van der Waals surface area contributed by atoms with Crippen molar-refractivity contribution in [3.63, 3.8) is 0 Å². The van der Waals surface area contributed by atoms with Gasteiger partial charge in [0.2, 0.25) is 0 Å². The number of H-pyrrole nitrogens is 1. The first-order valence-electron chi connectivity index (χ1n) is 11.7. The Morgan fingerprint density at radius 2 is 1.29 bits per heavy atom. The van der Waals surface area contributed by atoms with E-state index < -0.39 is 7.32 Å². The maximum Gasteiger partial charge on any atom is 0.633 e. The van der Waals surface area contributed by atoms with Gasteiger partial charge in [0.1, 0.15) is 5.82 Å². The van der Waals surface area contributed by atoms with E-state index in [-0.39, 0.29) is 12.0 Å². The van der Waals surface area contributed by atoms with Gasteiger partial charge in [-0.25, -0.2) is 4.98 Å². The van der Waals surface area contributed by atoms with E-state index in [1.807, 2.05) is 31.3 Å². The number of aryl methyl sites for hydroxylation is 2. The molecule has 0 aliphatic heterocycles. The Labute approximate surface area is 202 Å². The third-order valence-corrected chi connectivity index (χ3v) is 5.85. The summed E-state index contributed by atoms with van der Waals surface area (Å²) >= 11 is 0. The van der Waals surface area contributed by atoms with Crippen molar-refractivity contribution < 1.29 is 14.7 Å². The first kappa shape index (κ1) is 25.4. The van der Waals surface area contributed by atoms with E-state index in [0.717, 1.165) is 24.4 Å². The highest BCUT2D eigenvalue weighted by molar-refractivity contribution is 6.32. The van der Waals surface area contributed by atoms with Gasteiger partial charge < -0.3 is 19.7 Å². The minimum absolute atomic E-state index is 0.284. The molecule has 0 amide bonds. The zero-order valence-corrected chi connectivity index (χ0v) is 19.9. The summed E-state index contributed by atoms with van der Waals surface area (Å²) < 4.78 is 4.96. The lowest BCUT2D eigenvalue weighted by molar-refractivity contribution is 0.179. The highest BCUT2D eigenvalue weighted by Gasteiger charge is 2.35. The van der Waals surface area contributed by atoms with Crippen molar-refractivity contribution in [1.29, 1.82) is 0 Å². The van der Waals surface area contributed by atoms with E-state index in [2.05, 4.69) is 89.7 Å². The van der Waals surface area contributed by atoms with Crippen LogP contribution in [-0.2, 0) is 16.5 Å². The van der Waals surface area contributed by atoms with Gasteiger partial charge in [0.05, 0.1) is 0 Å². The summed E-state index contributed by atoms with van der Waals surface area (Å²) in [4.78, 5) is 7.19. The summed E-state index contributed by atoms with van der Waals surface area (Å²) in [7, 11) is -1.73. The molecule has 3 aromatic carbocycles. The molecule has 0 bridgehead atoms. The summed E-state index contributed by atoms with van der Waals surface area (Å²) in [6.45, 7) is 4.37. The van der Waals surface area contributed by atoms with Crippen LogP contribution in [0.25, 0.3) is 0 Å². The number of hydrogen-bond donors (Lipinski definition) is 3. The minimum Gasteiger partial charge on any atom is -0.402 e. The van der Waals surface area contributed by atoms with E-state index in [9.17, 15) is 0 Å².